The quantitative estimate of drug-likeness (QED) is 0.765. The van der Waals surface area contributed by atoms with Crippen molar-refractivity contribution in [3.05, 3.63) is 76.6 Å². The molecule has 0 spiro atoms. The van der Waals surface area contributed by atoms with Gasteiger partial charge in [-0.15, -0.1) is 0 Å². The van der Waals surface area contributed by atoms with Crippen LogP contribution >= 0.6 is 0 Å². The molecule has 0 N–H and O–H groups in total. The minimum atomic E-state index is -0.316. The maximum absolute atomic E-state index is 12.7. The highest BCUT2D eigenvalue weighted by atomic mass is 16.5. The maximum Gasteiger partial charge on any atom is 0.338 e. The van der Waals surface area contributed by atoms with E-state index >= 15 is 0 Å². The Morgan fingerprint density at radius 2 is 1.79 bits per heavy atom. The molecule has 3 nitrogen and oxygen atoms in total. The summed E-state index contributed by atoms with van der Waals surface area (Å²) in [6.45, 7) is 7.58. The highest BCUT2D eigenvalue weighted by Gasteiger charge is 2.34. The van der Waals surface area contributed by atoms with Crippen LogP contribution in [-0.2, 0) is 9.53 Å². The van der Waals surface area contributed by atoms with E-state index in [1.807, 2.05) is 70.2 Å². The Kier molecular flexibility index (Phi) is 4.43. The molecule has 0 saturated carbocycles. The van der Waals surface area contributed by atoms with E-state index in [1.54, 1.807) is 0 Å². The maximum atomic E-state index is 12.7. The molecule has 0 radical (unpaired) electrons. The molecule has 1 aliphatic heterocycles. The molecule has 0 bridgehead atoms. The zero-order chi connectivity index (χ0) is 17.3. The van der Waals surface area contributed by atoms with Crippen molar-refractivity contribution in [3.63, 3.8) is 0 Å². The lowest BCUT2D eigenvalue weighted by Gasteiger charge is -2.29. The number of carbonyl (C=O) groups excluding carboxylic acids is 1. The van der Waals surface area contributed by atoms with Gasteiger partial charge in [-0.3, -0.25) is 0 Å². The largest absolute Gasteiger partial charge is 0.461 e. The number of esters is 1. The van der Waals surface area contributed by atoms with Gasteiger partial charge in [-0.1, -0.05) is 48.0 Å². The van der Waals surface area contributed by atoms with Crippen LogP contribution < -0.4 is 4.74 Å². The molecule has 1 atom stereocenters. The summed E-state index contributed by atoms with van der Waals surface area (Å²) in [7, 11) is 0. The zero-order valence-electron chi connectivity index (χ0n) is 14.5. The lowest BCUT2D eigenvalue weighted by Crippen LogP contribution is -2.25. The van der Waals surface area contributed by atoms with Crippen LogP contribution in [0.5, 0.6) is 5.75 Å². The Hall–Kier alpha value is -2.55. The van der Waals surface area contributed by atoms with Gasteiger partial charge >= 0.3 is 5.97 Å². The second-order valence-corrected chi connectivity index (χ2v) is 6.41. The third-order valence-corrected chi connectivity index (χ3v) is 4.10. The Balaban J connectivity index is 2.17. The molecule has 2 aromatic rings. The topological polar surface area (TPSA) is 35.5 Å². The van der Waals surface area contributed by atoms with E-state index in [1.165, 1.54) is 0 Å². The first-order chi connectivity index (χ1) is 11.5. The minimum Gasteiger partial charge on any atom is -0.461 e. The molecule has 24 heavy (non-hydrogen) atoms. The molecule has 1 aliphatic rings. The lowest BCUT2D eigenvalue weighted by atomic mass is 9.81. The van der Waals surface area contributed by atoms with Crippen LogP contribution in [0, 0.1) is 6.92 Å². The molecule has 124 valence electrons. The Morgan fingerprint density at radius 3 is 2.46 bits per heavy atom. The van der Waals surface area contributed by atoms with E-state index in [2.05, 4.69) is 6.07 Å². The predicted molar refractivity (Wildman–Crippen MR) is 94.0 cm³/mol. The first-order valence-corrected chi connectivity index (χ1v) is 8.22. The van der Waals surface area contributed by atoms with E-state index in [9.17, 15) is 4.79 Å². The number of ether oxygens (including phenoxy) is 2. The summed E-state index contributed by atoms with van der Waals surface area (Å²) in [6.07, 6.45) is -0.173. The van der Waals surface area contributed by atoms with Gasteiger partial charge < -0.3 is 9.47 Å². The fourth-order valence-corrected chi connectivity index (χ4v) is 3.10. The Bertz CT molecular complexity index is 788. The van der Waals surface area contributed by atoms with Crippen molar-refractivity contribution in [3.8, 4) is 5.75 Å². The third-order valence-electron chi connectivity index (χ3n) is 4.10. The number of hydrogen-bond acceptors (Lipinski definition) is 3. The van der Waals surface area contributed by atoms with Crippen molar-refractivity contribution in [1.29, 1.82) is 0 Å². The molecule has 0 saturated heterocycles. The van der Waals surface area contributed by atoms with Crippen LogP contribution in [0.15, 0.2) is 59.9 Å². The van der Waals surface area contributed by atoms with Crippen LogP contribution in [0.4, 0.5) is 0 Å². The number of hydrogen-bond donors (Lipinski definition) is 0. The van der Waals surface area contributed by atoms with Gasteiger partial charge in [-0.2, -0.15) is 0 Å². The summed E-state index contributed by atoms with van der Waals surface area (Å²) in [5.74, 6) is 0.906. The lowest BCUT2D eigenvalue weighted by molar-refractivity contribution is -0.143. The molecule has 0 fully saturated rings. The number of carbonyl (C=O) groups is 1. The second kappa shape index (κ2) is 6.52. The highest BCUT2D eigenvalue weighted by molar-refractivity contribution is 5.92. The molecule has 3 heteroatoms. The van der Waals surface area contributed by atoms with Gasteiger partial charge in [0.1, 0.15) is 11.5 Å². The van der Waals surface area contributed by atoms with Crippen molar-refractivity contribution >= 4 is 5.97 Å². The SMILES string of the molecule is CC1=C(C(=O)OC(C)C)[C@@H](c2ccccc2)c2cc(C)ccc2O1. The summed E-state index contributed by atoms with van der Waals surface area (Å²) in [5.41, 5.74) is 3.77. The average Bonchev–Trinajstić information content (AvgIpc) is 2.54. The standard InChI is InChI=1S/C21H22O3/c1-13(2)23-21(22)19-15(4)24-18-11-10-14(3)12-17(18)20(19)16-8-6-5-7-9-16/h5-13,20H,1-4H3/t20-/m0/s1. The molecule has 0 aromatic heterocycles. The molecule has 2 aromatic carbocycles. The Morgan fingerprint density at radius 1 is 1.08 bits per heavy atom. The van der Waals surface area contributed by atoms with Gasteiger partial charge in [0.05, 0.1) is 11.7 Å². The summed E-state index contributed by atoms with van der Waals surface area (Å²) in [5, 5.41) is 0. The molecule has 0 amide bonds. The van der Waals surface area contributed by atoms with E-state index in [-0.39, 0.29) is 18.0 Å². The number of allylic oxidation sites excluding steroid dienone is 1. The van der Waals surface area contributed by atoms with Crippen molar-refractivity contribution < 1.29 is 14.3 Å². The average molecular weight is 322 g/mol. The summed E-state index contributed by atoms with van der Waals surface area (Å²) in [4.78, 5) is 12.7. The van der Waals surface area contributed by atoms with Gasteiger partial charge in [0.15, 0.2) is 0 Å². The fraction of sp³-hybridized carbons (Fsp3) is 0.286. The predicted octanol–water partition coefficient (Wildman–Crippen LogP) is 4.74. The molecule has 0 aliphatic carbocycles. The van der Waals surface area contributed by atoms with Gasteiger partial charge in [-0.05, 0) is 39.3 Å². The molecule has 0 unspecified atom stereocenters. The highest BCUT2D eigenvalue weighted by Crippen LogP contribution is 2.43. The van der Waals surface area contributed by atoms with E-state index in [4.69, 9.17) is 9.47 Å². The smallest absolute Gasteiger partial charge is 0.338 e. The van der Waals surface area contributed by atoms with Gasteiger partial charge in [-0.25, -0.2) is 4.79 Å². The minimum absolute atomic E-state index is 0.173. The number of benzene rings is 2. The van der Waals surface area contributed by atoms with Crippen LogP contribution in [0.1, 0.15) is 43.4 Å². The van der Waals surface area contributed by atoms with Crippen molar-refractivity contribution in [2.75, 3.05) is 0 Å². The monoisotopic (exact) mass is 322 g/mol. The molecular weight excluding hydrogens is 300 g/mol. The first kappa shape index (κ1) is 16.3. The molecule has 1 heterocycles. The summed E-state index contributed by atoms with van der Waals surface area (Å²) >= 11 is 0. The number of fused-ring (bicyclic) bond motifs is 1. The first-order valence-electron chi connectivity index (χ1n) is 8.22. The van der Waals surface area contributed by atoms with E-state index in [0.29, 0.717) is 11.3 Å². The van der Waals surface area contributed by atoms with Crippen molar-refractivity contribution in [1.82, 2.24) is 0 Å². The number of rotatable bonds is 3. The normalized spacial score (nSPS) is 16.6. The van der Waals surface area contributed by atoms with Crippen LogP contribution in [-0.4, -0.2) is 12.1 Å². The van der Waals surface area contributed by atoms with Crippen molar-refractivity contribution in [2.45, 2.75) is 39.7 Å². The second-order valence-electron chi connectivity index (χ2n) is 6.41. The van der Waals surface area contributed by atoms with Crippen LogP contribution in [0.2, 0.25) is 0 Å². The Labute approximate surface area is 142 Å². The summed E-state index contributed by atoms with van der Waals surface area (Å²) in [6, 6.07) is 16.1. The third kappa shape index (κ3) is 3.07. The van der Waals surface area contributed by atoms with Crippen molar-refractivity contribution in [2.24, 2.45) is 0 Å². The van der Waals surface area contributed by atoms with E-state index in [0.717, 1.165) is 22.4 Å². The fourth-order valence-electron chi connectivity index (χ4n) is 3.10. The summed E-state index contributed by atoms with van der Waals surface area (Å²) < 4.78 is 11.4. The molecule has 3 rings (SSSR count). The van der Waals surface area contributed by atoms with Crippen LogP contribution in [0.3, 0.4) is 0 Å². The van der Waals surface area contributed by atoms with Gasteiger partial charge in [0.25, 0.3) is 0 Å². The number of aryl methyl sites for hydroxylation is 1. The van der Waals surface area contributed by atoms with E-state index < -0.39 is 0 Å². The molecular formula is C21H22O3. The van der Waals surface area contributed by atoms with Crippen LogP contribution in [0.25, 0.3) is 0 Å². The van der Waals surface area contributed by atoms with Gasteiger partial charge in [0, 0.05) is 11.5 Å². The van der Waals surface area contributed by atoms with Gasteiger partial charge in [0.2, 0.25) is 0 Å². The zero-order valence-corrected chi connectivity index (χ0v) is 14.5.